The number of halogens is 1. The summed E-state index contributed by atoms with van der Waals surface area (Å²) in [5, 5.41) is 8.03. The summed E-state index contributed by atoms with van der Waals surface area (Å²) in [4.78, 5) is 14.3. The molecule has 2 aromatic rings. The lowest BCUT2D eigenvalue weighted by molar-refractivity contribution is -0.129. The van der Waals surface area contributed by atoms with Gasteiger partial charge >= 0.3 is 0 Å². The van der Waals surface area contributed by atoms with Gasteiger partial charge in [0.1, 0.15) is 5.82 Å². The van der Waals surface area contributed by atoms with E-state index in [1.807, 2.05) is 4.90 Å². The number of carbonyl (C=O) groups is 1. The van der Waals surface area contributed by atoms with Gasteiger partial charge in [0.25, 0.3) is 0 Å². The van der Waals surface area contributed by atoms with Crippen molar-refractivity contribution in [3.05, 3.63) is 35.6 Å². The molecule has 1 aliphatic rings. The number of rotatable bonds is 4. The normalized spacial score (nSPS) is 17.9. The maximum Gasteiger partial charge on any atom is 0.233 e. The topological polar surface area (TPSA) is 72.1 Å². The highest BCUT2D eigenvalue weighted by molar-refractivity contribution is 8.01. The zero-order valence-electron chi connectivity index (χ0n) is 11.7. The standard InChI is InChI=1S/C14H15FN4OS2/c15-10-5-3-9(4-6-10)11-2-1-7-19(11)12(20)8-21-14-18-17-13(16)22-14/h3-6,11H,1-2,7-8H2,(H2,16,17)/t11-/m0/s1. The maximum absolute atomic E-state index is 13.0. The van der Waals surface area contributed by atoms with Crippen LogP contribution in [0.1, 0.15) is 24.4 Å². The molecule has 1 aliphatic heterocycles. The first-order valence-corrected chi connectivity index (χ1v) is 8.70. The van der Waals surface area contributed by atoms with E-state index >= 15 is 0 Å². The van der Waals surface area contributed by atoms with Crippen LogP contribution in [-0.2, 0) is 4.79 Å². The van der Waals surface area contributed by atoms with Gasteiger partial charge in [-0.1, -0.05) is 35.2 Å². The lowest BCUT2D eigenvalue weighted by Gasteiger charge is -2.25. The van der Waals surface area contributed by atoms with E-state index in [2.05, 4.69) is 10.2 Å². The molecule has 0 saturated carbocycles. The second-order valence-corrected chi connectivity index (χ2v) is 7.22. The van der Waals surface area contributed by atoms with Crippen LogP contribution >= 0.6 is 23.1 Å². The summed E-state index contributed by atoms with van der Waals surface area (Å²) in [6.45, 7) is 0.736. The summed E-state index contributed by atoms with van der Waals surface area (Å²) in [5.41, 5.74) is 6.51. The fourth-order valence-corrected chi connectivity index (χ4v) is 4.10. The smallest absolute Gasteiger partial charge is 0.233 e. The largest absolute Gasteiger partial charge is 0.374 e. The average Bonchev–Trinajstić information content (AvgIpc) is 3.14. The Balaban J connectivity index is 1.64. The number of likely N-dealkylation sites (tertiary alicyclic amines) is 1. The minimum absolute atomic E-state index is 0.0354. The van der Waals surface area contributed by atoms with Crippen molar-refractivity contribution >= 4 is 34.1 Å². The molecule has 5 nitrogen and oxygen atoms in total. The van der Waals surface area contributed by atoms with Crippen molar-refractivity contribution in [1.29, 1.82) is 0 Å². The molecule has 1 aromatic carbocycles. The molecular formula is C14H15FN4OS2. The van der Waals surface area contributed by atoms with Crippen molar-refractivity contribution in [2.75, 3.05) is 18.0 Å². The Kier molecular flexibility index (Phi) is 4.58. The number of amides is 1. The molecule has 0 bridgehead atoms. The van der Waals surface area contributed by atoms with Gasteiger partial charge in [0, 0.05) is 6.54 Å². The monoisotopic (exact) mass is 338 g/mol. The molecule has 2 heterocycles. The van der Waals surface area contributed by atoms with Crippen LogP contribution in [0.25, 0.3) is 0 Å². The van der Waals surface area contributed by atoms with Crippen LogP contribution in [0.4, 0.5) is 9.52 Å². The molecule has 0 spiro atoms. The molecule has 1 atom stereocenters. The Bertz CT molecular complexity index is 661. The van der Waals surface area contributed by atoms with Crippen LogP contribution in [-0.4, -0.2) is 33.3 Å². The summed E-state index contributed by atoms with van der Waals surface area (Å²) in [6, 6.07) is 6.42. The summed E-state index contributed by atoms with van der Waals surface area (Å²) >= 11 is 2.63. The second-order valence-electron chi connectivity index (χ2n) is 4.99. The third-order valence-electron chi connectivity index (χ3n) is 3.57. The van der Waals surface area contributed by atoms with Gasteiger partial charge in [-0.3, -0.25) is 4.79 Å². The first-order valence-electron chi connectivity index (χ1n) is 6.90. The predicted molar refractivity (Wildman–Crippen MR) is 85.1 cm³/mol. The van der Waals surface area contributed by atoms with Gasteiger partial charge in [-0.15, -0.1) is 10.2 Å². The van der Waals surface area contributed by atoms with Crippen molar-refractivity contribution in [2.24, 2.45) is 0 Å². The highest BCUT2D eigenvalue weighted by Crippen LogP contribution is 2.33. The van der Waals surface area contributed by atoms with Crippen molar-refractivity contribution in [3.63, 3.8) is 0 Å². The zero-order chi connectivity index (χ0) is 15.5. The Morgan fingerprint density at radius 3 is 2.86 bits per heavy atom. The van der Waals surface area contributed by atoms with Crippen LogP contribution in [0.2, 0.25) is 0 Å². The van der Waals surface area contributed by atoms with E-state index in [0.717, 1.165) is 24.9 Å². The summed E-state index contributed by atoms with van der Waals surface area (Å²) in [5.74, 6) is 0.112. The van der Waals surface area contributed by atoms with Crippen LogP contribution in [0.15, 0.2) is 28.6 Å². The summed E-state index contributed by atoms with van der Waals surface area (Å²) in [6.07, 6.45) is 1.87. The molecule has 1 fully saturated rings. The van der Waals surface area contributed by atoms with E-state index in [1.54, 1.807) is 12.1 Å². The van der Waals surface area contributed by atoms with E-state index in [1.165, 1.54) is 35.2 Å². The fourth-order valence-electron chi connectivity index (χ4n) is 2.58. The molecule has 22 heavy (non-hydrogen) atoms. The second kappa shape index (κ2) is 6.62. The van der Waals surface area contributed by atoms with Gasteiger partial charge < -0.3 is 10.6 Å². The predicted octanol–water partition coefficient (Wildman–Crippen LogP) is 2.72. The van der Waals surface area contributed by atoms with Crippen LogP contribution in [0.5, 0.6) is 0 Å². The Labute approximate surface area is 135 Å². The van der Waals surface area contributed by atoms with Gasteiger partial charge in [0.2, 0.25) is 11.0 Å². The number of nitrogens with zero attached hydrogens (tertiary/aromatic N) is 3. The van der Waals surface area contributed by atoms with Gasteiger partial charge in [0.05, 0.1) is 11.8 Å². The van der Waals surface area contributed by atoms with E-state index in [4.69, 9.17) is 5.73 Å². The molecule has 116 valence electrons. The van der Waals surface area contributed by atoms with Gasteiger partial charge in [-0.05, 0) is 30.5 Å². The number of thioether (sulfide) groups is 1. The number of carbonyl (C=O) groups excluding carboxylic acids is 1. The van der Waals surface area contributed by atoms with Crippen molar-refractivity contribution in [3.8, 4) is 0 Å². The maximum atomic E-state index is 13.0. The first-order chi connectivity index (χ1) is 10.6. The summed E-state index contributed by atoms with van der Waals surface area (Å²) < 4.78 is 13.7. The SMILES string of the molecule is Nc1nnc(SCC(=O)N2CCC[C@H]2c2ccc(F)cc2)s1. The number of benzene rings is 1. The van der Waals surface area contributed by atoms with Crippen LogP contribution in [0, 0.1) is 5.82 Å². The van der Waals surface area contributed by atoms with Gasteiger partial charge in [-0.2, -0.15) is 0 Å². The number of anilines is 1. The van der Waals surface area contributed by atoms with Crippen molar-refractivity contribution < 1.29 is 9.18 Å². The lowest BCUT2D eigenvalue weighted by atomic mass is 10.0. The first kappa shape index (κ1) is 15.2. The molecule has 0 unspecified atom stereocenters. The molecule has 0 radical (unpaired) electrons. The molecular weight excluding hydrogens is 323 g/mol. The van der Waals surface area contributed by atoms with E-state index < -0.39 is 0 Å². The minimum atomic E-state index is -0.260. The van der Waals surface area contributed by atoms with E-state index in [-0.39, 0.29) is 17.8 Å². The molecule has 1 aromatic heterocycles. The Morgan fingerprint density at radius 2 is 2.18 bits per heavy atom. The van der Waals surface area contributed by atoms with Crippen LogP contribution in [0.3, 0.4) is 0 Å². The molecule has 0 aliphatic carbocycles. The average molecular weight is 338 g/mol. The zero-order valence-corrected chi connectivity index (χ0v) is 13.4. The third kappa shape index (κ3) is 3.38. The Hall–Kier alpha value is -1.67. The number of nitrogens with two attached hydrogens (primary N) is 1. The number of nitrogen functional groups attached to an aromatic ring is 1. The highest BCUT2D eigenvalue weighted by atomic mass is 32.2. The molecule has 8 heteroatoms. The lowest BCUT2D eigenvalue weighted by Crippen LogP contribution is -2.31. The minimum Gasteiger partial charge on any atom is -0.374 e. The Morgan fingerprint density at radius 1 is 1.41 bits per heavy atom. The van der Waals surface area contributed by atoms with Crippen LogP contribution < -0.4 is 5.73 Å². The van der Waals surface area contributed by atoms with Gasteiger partial charge in [-0.25, -0.2) is 4.39 Å². The van der Waals surface area contributed by atoms with E-state index in [0.29, 0.717) is 15.2 Å². The van der Waals surface area contributed by atoms with Gasteiger partial charge in [0.15, 0.2) is 4.34 Å². The molecule has 2 N–H and O–H groups in total. The van der Waals surface area contributed by atoms with Crippen molar-refractivity contribution in [1.82, 2.24) is 15.1 Å². The molecule has 3 rings (SSSR count). The molecule has 1 saturated heterocycles. The number of hydrogen-bond donors (Lipinski definition) is 1. The fraction of sp³-hybridized carbons (Fsp3) is 0.357. The summed E-state index contributed by atoms with van der Waals surface area (Å²) in [7, 11) is 0. The molecule has 1 amide bonds. The van der Waals surface area contributed by atoms with Crippen molar-refractivity contribution in [2.45, 2.75) is 23.2 Å². The van der Waals surface area contributed by atoms with E-state index in [9.17, 15) is 9.18 Å². The third-order valence-corrected chi connectivity index (χ3v) is 5.44. The number of hydrogen-bond acceptors (Lipinski definition) is 6. The quantitative estimate of drug-likeness (QED) is 0.868. The highest BCUT2D eigenvalue weighted by Gasteiger charge is 2.29. The number of aromatic nitrogens is 2.